The summed E-state index contributed by atoms with van der Waals surface area (Å²) in [4.78, 5) is 52.7. The standard InChI is InChI=1S/C27H22N4O6/c1-36-20-10-8-17(9-11-20)23-13-22(19-7-6-16-4-2-3-5-18(16)12-19)30-31(23)24(32)15-37-26(34)21-14-28-27(35)29-25(21)33/h2-12,14,23H,13,15H2,1H3,(H2,28,29,33,35)/t23-/m0/s1. The molecule has 0 radical (unpaired) electrons. The molecular weight excluding hydrogens is 476 g/mol. The molecule has 0 saturated carbocycles. The molecule has 10 heteroatoms. The summed E-state index contributed by atoms with van der Waals surface area (Å²) < 4.78 is 10.3. The number of hydrazone groups is 1. The van der Waals surface area contributed by atoms with Gasteiger partial charge in [-0.15, -0.1) is 0 Å². The minimum absolute atomic E-state index is 0.416. The zero-order valence-electron chi connectivity index (χ0n) is 19.8. The Kier molecular flexibility index (Phi) is 6.38. The molecular formula is C27H22N4O6. The van der Waals surface area contributed by atoms with E-state index in [1.165, 1.54) is 5.01 Å². The van der Waals surface area contributed by atoms with Crippen LogP contribution in [0.4, 0.5) is 0 Å². The Morgan fingerprint density at radius 3 is 2.51 bits per heavy atom. The maximum absolute atomic E-state index is 13.2. The molecule has 0 aliphatic carbocycles. The minimum atomic E-state index is -1.04. The highest BCUT2D eigenvalue weighted by atomic mass is 16.5. The maximum atomic E-state index is 13.2. The summed E-state index contributed by atoms with van der Waals surface area (Å²) in [6.07, 6.45) is 1.39. The molecule has 1 amide bonds. The second kappa shape index (κ2) is 9.94. The molecule has 1 aromatic heterocycles. The van der Waals surface area contributed by atoms with Gasteiger partial charge in [0, 0.05) is 12.6 Å². The van der Waals surface area contributed by atoms with Crippen LogP contribution in [0.3, 0.4) is 0 Å². The number of hydrogen-bond donors (Lipinski definition) is 2. The van der Waals surface area contributed by atoms with Crippen LogP contribution in [0.15, 0.2) is 87.6 Å². The highest BCUT2D eigenvalue weighted by molar-refractivity contribution is 6.05. The first-order chi connectivity index (χ1) is 17.9. The first-order valence-electron chi connectivity index (χ1n) is 11.4. The number of carbonyl (C=O) groups is 2. The fourth-order valence-corrected chi connectivity index (χ4v) is 4.20. The van der Waals surface area contributed by atoms with Crippen molar-refractivity contribution in [3.8, 4) is 5.75 Å². The monoisotopic (exact) mass is 498 g/mol. The Morgan fingerprint density at radius 1 is 1.03 bits per heavy atom. The lowest BCUT2D eigenvalue weighted by molar-refractivity contribution is -0.136. The van der Waals surface area contributed by atoms with Gasteiger partial charge < -0.3 is 14.5 Å². The van der Waals surface area contributed by atoms with Crippen LogP contribution in [0, 0.1) is 0 Å². The number of aromatic nitrogens is 2. The maximum Gasteiger partial charge on any atom is 0.345 e. The molecule has 2 heterocycles. The molecule has 0 bridgehead atoms. The quantitative estimate of drug-likeness (QED) is 0.393. The van der Waals surface area contributed by atoms with E-state index >= 15 is 0 Å². The number of aromatic amines is 2. The minimum Gasteiger partial charge on any atom is -0.497 e. The SMILES string of the molecule is COc1ccc([C@@H]2CC(c3ccc4ccccc4c3)=NN2C(=O)COC(=O)c2c[nH]c(=O)[nH]c2=O)cc1. The van der Waals surface area contributed by atoms with Gasteiger partial charge in [0.2, 0.25) is 0 Å². The number of hydrogen-bond acceptors (Lipinski definition) is 7. The summed E-state index contributed by atoms with van der Waals surface area (Å²) >= 11 is 0. The topological polar surface area (TPSA) is 134 Å². The molecule has 1 atom stereocenters. The van der Waals surface area contributed by atoms with E-state index in [4.69, 9.17) is 9.47 Å². The summed E-state index contributed by atoms with van der Waals surface area (Å²) in [6, 6.07) is 20.8. The lowest BCUT2D eigenvalue weighted by atomic mass is 9.97. The van der Waals surface area contributed by atoms with Crippen LogP contribution in [0.25, 0.3) is 10.8 Å². The van der Waals surface area contributed by atoms with Crippen LogP contribution in [-0.4, -0.2) is 46.3 Å². The first-order valence-corrected chi connectivity index (χ1v) is 11.4. The normalized spacial score (nSPS) is 14.9. The molecule has 0 spiro atoms. The van der Waals surface area contributed by atoms with Gasteiger partial charge in [0.05, 0.1) is 18.9 Å². The van der Waals surface area contributed by atoms with Crippen LogP contribution in [0.5, 0.6) is 5.75 Å². The smallest absolute Gasteiger partial charge is 0.345 e. The average molecular weight is 498 g/mol. The number of benzene rings is 3. The molecule has 4 aromatic rings. The Morgan fingerprint density at radius 2 is 1.78 bits per heavy atom. The lowest BCUT2D eigenvalue weighted by Crippen LogP contribution is -2.33. The predicted octanol–water partition coefficient (Wildman–Crippen LogP) is 2.76. The number of esters is 1. The number of amides is 1. The number of fused-ring (bicyclic) bond motifs is 1. The fourth-order valence-electron chi connectivity index (χ4n) is 4.20. The number of rotatable bonds is 6. The van der Waals surface area contributed by atoms with E-state index in [1.54, 1.807) is 19.2 Å². The average Bonchev–Trinajstić information content (AvgIpc) is 3.37. The van der Waals surface area contributed by atoms with E-state index in [0.29, 0.717) is 17.9 Å². The third-order valence-electron chi connectivity index (χ3n) is 6.12. The number of methoxy groups -OCH3 is 1. The molecule has 2 N–H and O–H groups in total. The van der Waals surface area contributed by atoms with Crippen LogP contribution >= 0.6 is 0 Å². The van der Waals surface area contributed by atoms with E-state index in [9.17, 15) is 19.2 Å². The summed E-state index contributed by atoms with van der Waals surface area (Å²) in [5, 5.41) is 8.05. The Hall–Kier alpha value is -4.99. The van der Waals surface area contributed by atoms with Crippen molar-refractivity contribution in [2.24, 2.45) is 5.10 Å². The van der Waals surface area contributed by atoms with Gasteiger partial charge in [-0.1, -0.05) is 48.5 Å². The summed E-state index contributed by atoms with van der Waals surface area (Å²) in [5.41, 5.74) is 0.341. The summed E-state index contributed by atoms with van der Waals surface area (Å²) in [6.45, 7) is -0.640. The molecule has 0 unspecified atom stereocenters. The van der Waals surface area contributed by atoms with Gasteiger partial charge in [-0.25, -0.2) is 14.6 Å². The van der Waals surface area contributed by atoms with Gasteiger partial charge in [-0.2, -0.15) is 5.10 Å². The van der Waals surface area contributed by atoms with Gasteiger partial charge in [0.15, 0.2) is 6.61 Å². The number of H-pyrrole nitrogens is 2. The molecule has 1 aliphatic rings. The van der Waals surface area contributed by atoms with Crippen molar-refractivity contribution in [2.45, 2.75) is 12.5 Å². The van der Waals surface area contributed by atoms with Crippen LogP contribution in [0.1, 0.15) is 33.9 Å². The number of nitrogens with one attached hydrogen (secondary N) is 2. The molecule has 5 rings (SSSR count). The lowest BCUT2D eigenvalue weighted by Gasteiger charge is -2.22. The van der Waals surface area contributed by atoms with E-state index in [2.05, 4.69) is 10.1 Å². The Balaban J connectivity index is 1.41. The van der Waals surface area contributed by atoms with E-state index in [1.807, 2.05) is 59.6 Å². The number of nitrogens with zero attached hydrogens (tertiary/aromatic N) is 2. The van der Waals surface area contributed by atoms with Crippen LogP contribution in [-0.2, 0) is 9.53 Å². The zero-order chi connectivity index (χ0) is 25.9. The molecule has 0 saturated heterocycles. The molecule has 37 heavy (non-hydrogen) atoms. The van der Waals surface area contributed by atoms with E-state index < -0.39 is 41.3 Å². The number of carbonyl (C=O) groups excluding carboxylic acids is 2. The molecule has 0 fully saturated rings. The number of ether oxygens (including phenoxy) is 2. The van der Waals surface area contributed by atoms with Crippen molar-refractivity contribution in [2.75, 3.05) is 13.7 Å². The third kappa shape index (κ3) is 4.90. The van der Waals surface area contributed by atoms with Crippen molar-refractivity contribution in [1.82, 2.24) is 15.0 Å². The molecule has 3 aromatic carbocycles. The van der Waals surface area contributed by atoms with Gasteiger partial charge in [-0.3, -0.25) is 14.6 Å². The fraction of sp³-hybridized carbons (Fsp3) is 0.148. The van der Waals surface area contributed by atoms with Crippen molar-refractivity contribution in [1.29, 1.82) is 0 Å². The highest BCUT2D eigenvalue weighted by Gasteiger charge is 2.34. The largest absolute Gasteiger partial charge is 0.497 e. The first kappa shape index (κ1) is 23.7. The van der Waals surface area contributed by atoms with Crippen molar-refractivity contribution < 1.29 is 19.1 Å². The van der Waals surface area contributed by atoms with Gasteiger partial charge in [-0.05, 0) is 40.1 Å². The molecule has 186 valence electrons. The van der Waals surface area contributed by atoms with Gasteiger partial charge in [0.25, 0.3) is 11.5 Å². The predicted molar refractivity (Wildman–Crippen MR) is 136 cm³/mol. The third-order valence-corrected chi connectivity index (χ3v) is 6.12. The Labute approximate surface area is 210 Å². The van der Waals surface area contributed by atoms with Crippen molar-refractivity contribution in [3.63, 3.8) is 0 Å². The molecule has 10 nitrogen and oxygen atoms in total. The van der Waals surface area contributed by atoms with Crippen molar-refractivity contribution >= 4 is 28.4 Å². The molecule has 1 aliphatic heterocycles. The zero-order valence-corrected chi connectivity index (χ0v) is 19.8. The van der Waals surface area contributed by atoms with Gasteiger partial charge >= 0.3 is 11.7 Å². The van der Waals surface area contributed by atoms with E-state index in [-0.39, 0.29) is 0 Å². The second-order valence-electron chi connectivity index (χ2n) is 8.40. The second-order valence-corrected chi connectivity index (χ2v) is 8.40. The van der Waals surface area contributed by atoms with Crippen LogP contribution < -0.4 is 16.0 Å². The highest BCUT2D eigenvalue weighted by Crippen LogP contribution is 2.34. The summed E-state index contributed by atoms with van der Waals surface area (Å²) in [5.74, 6) is -0.925. The summed E-state index contributed by atoms with van der Waals surface area (Å²) in [7, 11) is 1.57. The van der Waals surface area contributed by atoms with E-state index in [0.717, 1.165) is 28.1 Å². The van der Waals surface area contributed by atoms with Crippen LogP contribution in [0.2, 0.25) is 0 Å². The van der Waals surface area contributed by atoms with Gasteiger partial charge in [0.1, 0.15) is 11.3 Å². The van der Waals surface area contributed by atoms with Crippen molar-refractivity contribution in [3.05, 3.63) is 110 Å². The Bertz CT molecular complexity index is 1640.